The minimum atomic E-state index is -4.47. The quantitative estimate of drug-likeness (QED) is 0.164. The zero-order valence-corrected chi connectivity index (χ0v) is 37.7. The molecule has 9 aromatic carbocycles. The zero-order valence-electron chi connectivity index (χ0n) is 37.7. The van der Waals surface area contributed by atoms with Gasteiger partial charge in [0.05, 0.1) is 50.6 Å². The highest BCUT2D eigenvalue weighted by molar-refractivity contribution is 6.13. The molecule has 0 amide bonds. The maximum absolute atomic E-state index is 14.0. The molecule has 0 radical (unpaired) electrons. The Morgan fingerprint density at radius 3 is 1.37 bits per heavy atom. The molecular formula is C61H44F3N3. The molecule has 6 heteroatoms. The van der Waals surface area contributed by atoms with E-state index >= 15 is 0 Å². The summed E-state index contributed by atoms with van der Waals surface area (Å²) in [5, 5.41) is 14.8. The molecule has 2 heterocycles. The number of halogens is 3. The van der Waals surface area contributed by atoms with Crippen LogP contribution in [0.25, 0.3) is 99.5 Å². The predicted octanol–water partition coefficient (Wildman–Crippen LogP) is 17.0. The number of fused-ring (bicyclic) bond motifs is 6. The van der Waals surface area contributed by atoms with Crippen molar-refractivity contribution in [3.63, 3.8) is 0 Å². The number of benzene rings is 9. The average molecular weight is 876 g/mol. The summed E-state index contributed by atoms with van der Waals surface area (Å²) in [5.74, 6) is 0. The van der Waals surface area contributed by atoms with Crippen LogP contribution in [0.1, 0.15) is 38.9 Å². The topological polar surface area (TPSA) is 33.6 Å². The van der Waals surface area contributed by atoms with E-state index in [-0.39, 0.29) is 0 Å². The molecule has 0 unspecified atom stereocenters. The minimum Gasteiger partial charge on any atom is -0.309 e. The van der Waals surface area contributed by atoms with Crippen molar-refractivity contribution in [2.75, 3.05) is 0 Å². The average Bonchev–Trinajstić information content (AvgIpc) is 3.83. The summed E-state index contributed by atoms with van der Waals surface area (Å²) in [4.78, 5) is 0. The standard InChI is InChI=1S/C61H44F3N3/c1-36-14-21-46(38(3)28-36)42-17-25-57-52(32-42)49-10-6-8-12-55(49)66(57)58-26-18-44(48-24-20-45(30-40(48)5)61(62,63)64)34-54(58)51-23-16-41(35-65)31-60(51)67-56-13-9-7-11-50(56)53-33-43(19-27-59(53)67)47-22-15-37(2)29-39(47)4/h6-34H,1-5H3. The lowest BCUT2D eigenvalue weighted by atomic mass is 9.92. The molecule has 0 saturated carbocycles. The number of para-hydroxylation sites is 2. The molecule has 11 aromatic rings. The van der Waals surface area contributed by atoms with Crippen molar-refractivity contribution in [2.24, 2.45) is 0 Å². The van der Waals surface area contributed by atoms with E-state index < -0.39 is 11.7 Å². The molecule has 324 valence electrons. The van der Waals surface area contributed by atoms with Crippen molar-refractivity contribution in [2.45, 2.75) is 40.8 Å². The molecular weight excluding hydrogens is 832 g/mol. The van der Waals surface area contributed by atoms with Gasteiger partial charge in [0.1, 0.15) is 0 Å². The van der Waals surface area contributed by atoms with Crippen molar-refractivity contribution < 1.29 is 13.2 Å². The van der Waals surface area contributed by atoms with Crippen LogP contribution in [0.4, 0.5) is 13.2 Å². The summed E-state index contributed by atoms with van der Waals surface area (Å²) in [6.07, 6.45) is -4.47. The van der Waals surface area contributed by atoms with E-state index in [0.717, 1.165) is 88.9 Å². The Hall–Kier alpha value is -8.14. The van der Waals surface area contributed by atoms with Gasteiger partial charge in [-0.2, -0.15) is 18.4 Å². The Morgan fingerprint density at radius 2 is 0.851 bits per heavy atom. The minimum absolute atomic E-state index is 0.503. The van der Waals surface area contributed by atoms with E-state index in [9.17, 15) is 18.4 Å². The first-order chi connectivity index (χ1) is 32.4. The monoisotopic (exact) mass is 875 g/mol. The third-order valence-corrected chi connectivity index (χ3v) is 13.5. The van der Waals surface area contributed by atoms with Crippen molar-refractivity contribution in [1.29, 1.82) is 5.26 Å². The highest BCUT2D eigenvalue weighted by Crippen LogP contribution is 2.45. The summed E-state index contributed by atoms with van der Waals surface area (Å²) in [6.45, 7) is 10.2. The maximum Gasteiger partial charge on any atom is 0.416 e. The number of aryl methyl sites for hydroxylation is 5. The molecule has 0 fully saturated rings. The van der Waals surface area contributed by atoms with Gasteiger partial charge >= 0.3 is 6.18 Å². The second-order valence-electron chi connectivity index (χ2n) is 17.9. The Morgan fingerprint density at radius 1 is 0.388 bits per heavy atom. The van der Waals surface area contributed by atoms with Crippen molar-refractivity contribution in [3.05, 3.63) is 215 Å². The first-order valence-electron chi connectivity index (χ1n) is 22.5. The fourth-order valence-corrected chi connectivity index (χ4v) is 10.4. The second kappa shape index (κ2) is 15.8. The highest BCUT2D eigenvalue weighted by atomic mass is 19.4. The smallest absolute Gasteiger partial charge is 0.309 e. The van der Waals surface area contributed by atoms with Gasteiger partial charge in [0.2, 0.25) is 0 Å². The summed E-state index contributed by atoms with van der Waals surface area (Å²) in [7, 11) is 0. The normalized spacial score (nSPS) is 11.9. The van der Waals surface area contributed by atoms with Gasteiger partial charge in [0.15, 0.2) is 0 Å². The molecule has 11 rings (SSSR count). The fraction of sp³-hybridized carbons (Fsp3) is 0.0984. The maximum atomic E-state index is 14.0. The van der Waals surface area contributed by atoms with Gasteiger partial charge in [0, 0.05) is 32.7 Å². The molecule has 67 heavy (non-hydrogen) atoms. The Balaban J connectivity index is 1.21. The Kier molecular flexibility index (Phi) is 9.79. The van der Waals surface area contributed by atoms with Crippen molar-refractivity contribution in [3.8, 4) is 62.0 Å². The summed E-state index contributed by atoms with van der Waals surface area (Å²) < 4.78 is 46.5. The second-order valence-corrected chi connectivity index (χ2v) is 17.9. The van der Waals surface area contributed by atoms with E-state index in [1.54, 1.807) is 13.0 Å². The number of aromatic nitrogens is 2. The number of nitrogens with zero attached hydrogens (tertiary/aromatic N) is 3. The molecule has 3 nitrogen and oxygen atoms in total. The van der Waals surface area contributed by atoms with Crippen LogP contribution >= 0.6 is 0 Å². The van der Waals surface area contributed by atoms with Crippen molar-refractivity contribution in [1.82, 2.24) is 9.13 Å². The number of hydrogen-bond acceptors (Lipinski definition) is 1. The van der Waals surface area contributed by atoms with E-state index in [2.05, 4.69) is 170 Å². The molecule has 0 N–H and O–H groups in total. The van der Waals surface area contributed by atoms with Gasteiger partial charge in [-0.25, -0.2) is 0 Å². The summed E-state index contributed by atoms with van der Waals surface area (Å²) in [6, 6.07) is 61.6. The first-order valence-corrected chi connectivity index (χ1v) is 22.5. The van der Waals surface area contributed by atoms with Gasteiger partial charge in [-0.05, 0) is 157 Å². The van der Waals surface area contributed by atoms with Crippen LogP contribution < -0.4 is 0 Å². The first kappa shape index (κ1) is 41.6. The number of rotatable bonds is 6. The van der Waals surface area contributed by atoms with Crippen LogP contribution in [0, 0.1) is 45.9 Å². The van der Waals surface area contributed by atoms with Crippen LogP contribution in [0.15, 0.2) is 176 Å². The van der Waals surface area contributed by atoms with E-state index in [1.165, 1.54) is 39.4 Å². The van der Waals surface area contributed by atoms with Crippen LogP contribution in [-0.2, 0) is 6.18 Å². The lowest BCUT2D eigenvalue weighted by Gasteiger charge is -2.21. The zero-order chi connectivity index (χ0) is 46.3. The molecule has 0 aliphatic heterocycles. The lowest BCUT2D eigenvalue weighted by molar-refractivity contribution is -0.137. The molecule has 0 saturated heterocycles. The SMILES string of the molecule is Cc1ccc(-c2ccc3c(c2)c2ccccc2n3-c2ccc(-c3ccc(C(F)(F)F)cc3C)cc2-c2ccc(C#N)cc2-n2c3ccccc3c3cc(-c4ccc(C)cc4C)ccc32)c(C)c1. The van der Waals surface area contributed by atoms with Gasteiger partial charge in [-0.1, -0.05) is 114 Å². The third-order valence-electron chi connectivity index (χ3n) is 13.5. The predicted molar refractivity (Wildman–Crippen MR) is 270 cm³/mol. The van der Waals surface area contributed by atoms with Crippen LogP contribution in [0.5, 0.6) is 0 Å². The third kappa shape index (κ3) is 6.98. The van der Waals surface area contributed by atoms with Gasteiger partial charge in [0.25, 0.3) is 0 Å². The largest absolute Gasteiger partial charge is 0.416 e. The fourth-order valence-electron chi connectivity index (χ4n) is 10.4. The molecule has 0 aliphatic carbocycles. The lowest BCUT2D eigenvalue weighted by Crippen LogP contribution is -2.05. The number of nitriles is 1. The number of hydrogen-bond donors (Lipinski definition) is 0. The van der Waals surface area contributed by atoms with Crippen LogP contribution in [0.3, 0.4) is 0 Å². The van der Waals surface area contributed by atoms with E-state index in [0.29, 0.717) is 16.7 Å². The summed E-state index contributed by atoms with van der Waals surface area (Å²) in [5.41, 5.74) is 18.7. The molecule has 0 bridgehead atoms. The van der Waals surface area contributed by atoms with Gasteiger partial charge < -0.3 is 9.13 Å². The van der Waals surface area contributed by atoms with Crippen LogP contribution in [-0.4, -0.2) is 9.13 Å². The van der Waals surface area contributed by atoms with Crippen LogP contribution in [0.2, 0.25) is 0 Å². The molecule has 0 spiro atoms. The summed E-state index contributed by atoms with van der Waals surface area (Å²) >= 11 is 0. The molecule has 0 aliphatic rings. The van der Waals surface area contributed by atoms with Crippen molar-refractivity contribution >= 4 is 43.6 Å². The molecule has 0 atom stereocenters. The highest BCUT2D eigenvalue weighted by Gasteiger charge is 2.31. The van der Waals surface area contributed by atoms with E-state index in [4.69, 9.17) is 0 Å². The molecule has 2 aromatic heterocycles. The Labute approximate surface area is 387 Å². The van der Waals surface area contributed by atoms with E-state index in [1.807, 2.05) is 30.3 Å². The van der Waals surface area contributed by atoms with Gasteiger partial charge in [-0.15, -0.1) is 0 Å². The number of alkyl halides is 3. The Bertz CT molecular complexity index is 3870. The van der Waals surface area contributed by atoms with Gasteiger partial charge in [-0.3, -0.25) is 0 Å².